The van der Waals surface area contributed by atoms with Crippen LogP contribution in [0.3, 0.4) is 0 Å². The number of hydrogen-bond donors (Lipinski definition) is 1. The molecule has 0 bridgehead atoms. The molecule has 5 heteroatoms. The first-order valence-electron chi connectivity index (χ1n) is 7.67. The van der Waals surface area contributed by atoms with Gasteiger partial charge in [0.25, 0.3) is 0 Å². The first kappa shape index (κ1) is 15.2. The van der Waals surface area contributed by atoms with E-state index in [0.717, 1.165) is 30.1 Å². The summed E-state index contributed by atoms with van der Waals surface area (Å²) < 4.78 is 0. The van der Waals surface area contributed by atoms with Crippen LogP contribution in [0.2, 0.25) is 0 Å². The molecule has 0 saturated heterocycles. The Morgan fingerprint density at radius 1 is 1.45 bits per heavy atom. The Morgan fingerprint density at radius 3 is 3.00 bits per heavy atom. The van der Waals surface area contributed by atoms with E-state index in [9.17, 15) is 4.79 Å². The normalized spacial score (nSPS) is 16.4. The van der Waals surface area contributed by atoms with Crippen LogP contribution in [0.25, 0.3) is 0 Å². The Balaban J connectivity index is 1.68. The van der Waals surface area contributed by atoms with E-state index in [1.807, 2.05) is 34.7 Å². The number of anilines is 1. The van der Waals surface area contributed by atoms with E-state index in [1.54, 1.807) is 11.3 Å². The SMILES string of the molecule is CC[C@@](C)(NCC(=O)N1CCc2ccccc21)c1nccs1. The van der Waals surface area contributed by atoms with Crippen LogP contribution in [-0.2, 0) is 16.8 Å². The number of fused-ring (bicyclic) bond motifs is 1. The molecule has 1 aromatic heterocycles. The molecule has 22 heavy (non-hydrogen) atoms. The molecule has 0 spiro atoms. The topological polar surface area (TPSA) is 45.2 Å². The zero-order chi connectivity index (χ0) is 15.6. The quantitative estimate of drug-likeness (QED) is 0.922. The summed E-state index contributed by atoms with van der Waals surface area (Å²) in [4.78, 5) is 18.9. The van der Waals surface area contributed by atoms with E-state index in [1.165, 1.54) is 5.56 Å². The highest BCUT2D eigenvalue weighted by Crippen LogP contribution is 2.28. The molecule has 0 unspecified atom stereocenters. The van der Waals surface area contributed by atoms with Gasteiger partial charge in [0.15, 0.2) is 0 Å². The van der Waals surface area contributed by atoms with Gasteiger partial charge in [0, 0.05) is 23.8 Å². The van der Waals surface area contributed by atoms with E-state index in [0.29, 0.717) is 6.54 Å². The van der Waals surface area contributed by atoms with Crippen LogP contribution in [0.15, 0.2) is 35.8 Å². The number of thiazole rings is 1. The smallest absolute Gasteiger partial charge is 0.240 e. The van der Waals surface area contributed by atoms with Gasteiger partial charge in [-0.2, -0.15) is 0 Å². The van der Waals surface area contributed by atoms with Gasteiger partial charge < -0.3 is 4.90 Å². The highest BCUT2D eigenvalue weighted by atomic mass is 32.1. The van der Waals surface area contributed by atoms with Crippen molar-refractivity contribution in [1.82, 2.24) is 10.3 Å². The lowest BCUT2D eigenvalue weighted by Crippen LogP contribution is -2.46. The van der Waals surface area contributed by atoms with Gasteiger partial charge in [-0.3, -0.25) is 10.1 Å². The number of nitrogens with zero attached hydrogens (tertiary/aromatic N) is 2. The summed E-state index contributed by atoms with van der Waals surface area (Å²) in [6.07, 6.45) is 3.65. The van der Waals surface area contributed by atoms with Gasteiger partial charge in [0.05, 0.1) is 12.1 Å². The fourth-order valence-electron chi connectivity index (χ4n) is 2.81. The third-order valence-electron chi connectivity index (χ3n) is 4.43. The van der Waals surface area contributed by atoms with Gasteiger partial charge in [-0.25, -0.2) is 4.98 Å². The minimum Gasteiger partial charge on any atom is -0.311 e. The highest BCUT2D eigenvalue weighted by molar-refractivity contribution is 7.09. The zero-order valence-corrected chi connectivity index (χ0v) is 13.8. The molecule has 1 N–H and O–H groups in total. The van der Waals surface area contributed by atoms with E-state index in [-0.39, 0.29) is 11.4 Å². The number of benzene rings is 1. The average Bonchev–Trinajstić information content (AvgIpc) is 3.21. The first-order chi connectivity index (χ1) is 10.6. The summed E-state index contributed by atoms with van der Waals surface area (Å²) in [5, 5.41) is 6.42. The molecule has 1 aromatic carbocycles. The zero-order valence-electron chi connectivity index (χ0n) is 13.0. The molecular formula is C17H21N3OS. The number of hydrogen-bond acceptors (Lipinski definition) is 4. The lowest BCUT2D eigenvalue weighted by atomic mass is 10.00. The second-order valence-corrected chi connectivity index (χ2v) is 6.70. The van der Waals surface area contributed by atoms with E-state index in [2.05, 4.69) is 30.2 Å². The largest absolute Gasteiger partial charge is 0.311 e. The van der Waals surface area contributed by atoms with Crippen LogP contribution in [0.5, 0.6) is 0 Å². The molecule has 0 aliphatic carbocycles. The molecule has 116 valence electrons. The fraction of sp³-hybridized carbons (Fsp3) is 0.412. The second-order valence-electron chi connectivity index (χ2n) is 5.80. The molecule has 0 fully saturated rings. The predicted octanol–water partition coefficient (Wildman–Crippen LogP) is 2.95. The standard InChI is InChI=1S/C17H21N3OS/c1-3-17(2,16-18-9-11-22-16)19-12-15(21)20-10-8-13-6-4-5-7-14(13)20/h4-7,9,11,19H,3,8,10,12H2,1-2H3/t17-/m1/s1. The lowest BCUT2D eigenvalue weighted by Gasteiger charge is -2.28. The van der Waals surface area contributed by atoms with Crippen molar-refractivity contribution in [2.24, 2.45) is 0 Å². The summed E-state index contributed by atoms with van der Waals surface area (Å²) in [6.45, 7) is 5.33. The Labute approximate surface area is 135 Å². The molecule has 0 radical (unpaired) electrons. The van der Waals surface area contributed by atoms with Crippen molar-refractivity contribution in [3.05, 3.63) is 46.4 Å². The summed E-state index contributed by atoms with van der Waals surface area (Å²) in [5.74, 6) is 0.126. The number of carbonyl (C=O) groups excluding carboxylic acids is 1. The molecule has 1 atom stereocenters. The molecule has 3 rings (SSSR count). The van der Waals surface area contributed by atoms with Crippen LogP contribution in [-0.4, -0.2) is 24.0 Å². The van der Waals surface area contributed by atoms with E-state index in [4.69, 9.17) is 0 Å². The Bertz CT molecular complexity index is 656. The summed E-state index contributed by atoms with van der Waals surface area (Å²) in [5.41, 5.74) is 2.07. The van der Waals surface area contributed by atoms with Gasteiger partial charge in [-0.1, -0.05) is 25.1 Å². The van der Waals surface area contributed by atoms with Crippen LogP contribution >= 0.6 is 11.3 Å². The Kier molecular flexibility index (Phi) is 4.27. The number of para-hydroxylation sites is 1. The Hall–Kier alpha value is -1.72. The second kappa shape index (κ2) is 6.18. The van der Waals surface area contributed by atoms with E-state index >= 15 is 0 Å². The maximum atomic E-state index is 12.6. The number of amides is 1. The molecule has 2 heterocycles. The molecular weight excluding hydrogens is 294 g/mol. The summed E-state index contributed by atoms with van der Waals surface area (Å²) in [7, 11) is 0. The minimum absolute atomic E-state index is 0.126. The van der Waals surface area contributed by atoms with Crippen molar-refractivity contribution in [2.75, 3.05) is 18.0 Å². The van der Waals surface area contributed by atoms with Gasteiger partial charge >= 0.3 is 0 Å². The monoisotopic (exact) mass is 315 g/mol. The third kappa shape index (κ3) is 2.78. The number of carbonyl (C=O) groups is 1. The van der Waals surface area contributed by atoms with Crippen LogP contribution < -0.4 is 10.2 Å². The molecule has 1 amide bonds. The molecule has 4 nitrogen and oxygen atoms in total. The number of nitrogens with one attached hydrogen (secondary N) is 1. The highest BCUT2D eigenvalue weighted by Gasteiger charge is 2.30. The fourth-order valence-corrected chi connectivity index (χ4v) is 3.66. The summed E-state index contributed by atoms with van der Waals surface area (Å²) >= 11 is 1.63. The van der Waals surface area contributed by atoms with E-state index < -0.39 is 0 Å². The maximum Gasteiger partial charge on any atom is 0.240 e. The predicted molar refractivity (Wildman–Crippen MR) is 90.3 cm³/mol. The number of rotatable bonds is 5. The van der Waals surface area contributed by atoms with Crippen molar-refractivity contribution in [3.63, 3.8) is 0 Å². The Morgan fingerprint density at radius 2 is 2.27 bits per heavy atom. The van der Waals surface area contributed by atoms with Crippen LogP contribution in [0, 0.1) is 0 Å². The minimum atomic E-state index is -0.247. The third-order valence-corrected chi connectivity index (χ3v) is 5.47. The number of aromatic nitrogens is 1. The first-order valence-corrected chi connectivity index (χ1v) is 8.55. The van der Waals surface area contributed by atoms with Crippen LogP contribution in [0.1, 0.15) is 30.8 Å². The van der Waals surface area contributed by atoms with Crippen LogP contribution in [0.4, 0.5) is 5.69 Å². The van der Waals surface area contributed by atoms with Gasteiger partial charge in [-0.05, 0) is 31.4 Å². The molecule has 2 aromatic rings. The van der Waals surface area contributed by atoms with Crippen molar-refractivity contribution >= 4 is 22.9 Å². The lowest BCUT2D eigenvalue weighted by molar-refractivity contribution is -0.118. The van der Waals surface area contributed by atoms with Crippen molar-refractivity contribution < 1.29 is 4.79 Å². The van der Waals surface area contributed by atoms with Gasteiger partial charge in [0.2, 0.25) is 5.91 Å². The van der Waals surface area contributed by atoms with Gasteiger partial charge in [0.1, 0.15) is 5.01 Å². The molecule has 1 aliphatic rings. The average molecular weight is 315 g/mol. The molecule has 0 saturated carbocycles. The summed E-state index contributed by atoms with van der Waals surface area (Å²) in [6, 6.07) is 8.15. The van der Waals surface area contributed by atoms with Gasteiger partial charge in [-0.15, -0.1) is 11.3 Å². The maximum absolute atomic E-state index is 12.6. The molecule has 1 aliphatic heterocycles. The van der Waals surface area contributed by atoms with Crippen molar-refractivity contribution in [2.45, 2.75) is 32.2 Å². The van der Waals surface area contributed by atoms with Crippen molar-refractivity contribution in [3.8, 4) is 0 Å². The van der Waals surface area contributed by atoms with Crippen molar-refractivity contribution in [1.29, 1.82) is 0 Å².